The molecule has 8 heteroatoms. The van der Waals surface area contributed by atoms with Crippen LogP contribution in [0.2, 0.25) is 0 Å². The third kappa shape index (κ3) is 2.85. The summed E-state index contributed by atoms with van der Waals surface area (Å²) in [5.41, 5.74) is 2.00. The number of nitrogens with one attached hydrogen (secondary N) is 1. The van der Waals surface area contributed by atoms with Gasteiger partial charge in [0.25, 0.3) is 0 Å². The lowest BCUT2D eigenvalue weighted by Gasteiger charge is -2.34. The predicted octanol–water partition coefficient (Wildman–Crippen LogP) is 0.800. The summed E-state index contributed by atoms with van der Waals surface area (Å²) in [5, 5.41) is 18.2. The van der Waals surface area contributed by atoms with Gasteiger partial charge in [0.15, 0.2) is 5.82 Å². The first-order valence-electron chi connectivity index (χ1n) is 8.88. The van der Waals surface area contributed by atoms with Crippen molar-refractivity contribution in [1.82, 2.24) is 20.0 Å². The summed E-state index contributed by atoms with van der Waals surface area (Å²) in [7, 11) is 3.86. The van der Waals surface area contributed by atoms with Crippen molar-refractivity contribution < 1.29 is 14.7 Å². The number of rotatable bonds is 2. The first-order valence-corrected chi connectivity index (χ1v) is 8.88. The van der Waals surface area contributed by atoms with Crippen LogP contribution in [-0.4, -0.2) is 64.5 Å². The number of β-amino-alcohol motifs (C(OH)–C–C–N with tert-alkyl or cyclic N) is 1. The largest absolute Gasteiger partial charge is 0.391 e. The molecule has 0 bridgehead atoms. The van der Waals surface area contributed by atoms with E-state index in [0.717, 1.165) is 29.4 Å². The second-order valence-corrected chi connectivity index (χ2v) is 7.20. The van der Waals surface area contributed by atoms with Crippen molar-refractivity contribution in [3.8, 4) is 0 Å². The molecule has 0 spiro atoms. The van der Waals surface area contributed by atoms with Crippen LogP contribution in [0.5, 0.6) is 0 Å². The van der Waals surface area contributed by atoms with E-state index in [0.29, 0.717) is 18.9 Å². The average Bonchev–Trinajstić information content (AvgIpc) is 2.91. The molecule has 2 aliphatic rings. The smallest absolute Gasteiger partial charge is 0.329 e. The van der Waals surface area contributed by atoms with Gasteiger partial charge < -0.3 is 10.0 Å². The number of aliphatic hydroxyl groups is 1. The summed E-state index contributed by atoms with van der Waals surface area (Å²) >= 11 is 0. The Morgan fingerprint density at radius 1 is 1.23 bits per heavy atom. The van der Waals surface area contributed by atoms with Crippen molar-refractivity contribution in [1.29, 1.82) is 0 Å². The number of piperidine rings is 1. The lowest BCUT2D eigenvalue weighted by Crippen LogP contribution is -2.49. The number of urea groups is 1. The lowest BCUT2D eigenvalue weighted by molar-refractivity contribution is -0.120. The Morgan fingerprint density at radius 3 is 2.77 bits per heavy atom. The Morgan fingerprint density at radius 2 is 2.04 bits per heavy atom. The van der Waals surface area contributed by atoms with Crippen LogP contribution in [0, 0.1) is 0 Å². The van der Waals surface area contributed by atoms with Crippen molar-refractivity contribution in [3.63, 3.8) is 0 Å². The minimum atomic E-state index is -0.434. The standard InChI is InChI=1S/C18H23N5O3/c1-21-7-5-12(15(24)10-21)11-3-4-13-14(9-11)22(2)20-17(13)23-8-6-16(25)19-18(23)26/h3-4,9,12,15,24H,5-8,10H2,1-2H3,(H,19,25,26). The number of hydrogen-bond acceptors (Lipinski definition) is 5. The van der Waals surface area contributed by atoms with Crippen LogP contribution in [0.1, 0.15) is 24.3 Å². The van der Waals surface area contributed by atoms with Gasteiger partial charge in [-0.05, 0) is 37.7 Å². The number of anilines is 1. The Bertz CT molecular complexity index is 877. The van der Waals surface area contributed by atoms with Crippen LogP contribution in [-0.2, 0) is 11.8 Å². The van der Waals surface area contributed by atoms with Crippen LogP contribution in [0.15, 0.2) is 18.2 Å². The molecule has 2 fully saturated rings. The first-order chi connectivity index (χ1) is 12.4. The van der Waals surface area contributed by atoms with Gasteiger partial charge in [0, 0.05) is 37.9 Å². The average molecular weight is 357 g/mol. The number of likely N-dealkylation sites (tertiary alicyclic amines) is 1. The number of carbonyl (C=O) groups is 2. The number of aliphatic hydroxyl groups excluding tert-OH is 1. The molecule has 1 aromatic carbocycles. The van der Waals surface area contributed by atoms with Crippen LogP contribution in [0.25, 0.3) is 10.9 Å². The number of imide groups is 1. The molecule has 2 N–H and O–H groups in total. The summed E-state index contributed by atoms with van der Waals surface area (Å²) < 4.78 is 1.75. The van der Waals surface area contributed by atoms with Gasteiger partial charge in [-0.2, -0.15) is 5.10 Å². The second kappa shape index (κ2) is 6.37. The number of amides is 3. The van der Waals surface area contributed by atoms with Gasteiger partial charge in [-0.3, -0.25) is 19.7 Å². The highest BCUT2D eigenvalue weighted by atomic mass is 16.3. The van der Waals surface area contributed by atoms with Gasteiger partial charge in [0.05, 0.1) is 11.6 Å². The highest BCUT2D eigenvalue weighted by molar-refractivity contribution is 6.08. The molecule has 2 atom stereocenters. The highest BCUT2D eigenvalue weighted by Crippen LogP contribution is 2.33. The number of hydrogen-bond donors (Lipinski definition) is 2. The van der Waals surface area contributed by atoms with E-state index in [-0.39, 0.29) is 18.2 Å². The summed E-state index contributed by atoms with van der Waals surface area (Å²) in [4.78, 5) is 27.2. The van der Waals surface area contributed by atoms with Gasteiger partial charge in [-0.1, -0.05) is 6.07 Å². The quantitative estimate of drug-likeness (QED) is 0.830. The van der Waals surface area contributed by atoms with Crippen molar-refractivity contribution >= 4 is 28.7 Å². The molecule has 0 saturated carbocycles. The van der Waals surface area contributed by atoms with E-state index in [9.17, 15) is 14.7 Å². The maximum Gasteiger partial charge on any atom is 0.329 e. The fourth-order valence-corrected chi connectivity index (χ4v) is 3.93. The van der Waals surface area contributed by atoms with Crippen LogP contribution < -0.4 is 10.2 Å². The van der Waals surface area contributed by atoms with Gasteiger partial charge in [0.2, 0.25) is 5.91 Å². The van der Waals surface area contributed by atoms with E-state index in [1.807, 2.05) is 26.2 Å². The molecular weight excluding hydrogens is 334 g/mol. The van der Waals surface area contributed by atoms with Crippen LogP contribution in [0.4, 0.5) is 10.6 Å². The molecule has 138 valence electrons. The Labute approximate surface area is 151 Å². The molecular formula is C18H23N5O3. The Kier molecular flexibility index (Phi) is 4.16. The second-order valence-electron chi connectivity index (χ2n) is 7.20. The molecule has 1 aromatic heterocycles. The number of benzene rings is 1. The van der Waals surface area contributed by atoms with Gasteiger partial charge in [-0.15, -0.1) is 0 Å². The Balaban J connectivity index is 1.69. The number of aryl methyl sites for hydroxylation is 1. The molecule has 2 aliphatic heterocycles. The predicted molar refractivity (Wildman–Crippen MR) is 97.1 cm³/mol. The molecule has 0 aliphatic carbocycles. The molecule has 26 heavy (non-hydrogen) atoms. The maximum atomic E-state index is 12.2. The molecule has 0 radical (unpaired) electrons. The fourth-order valence-electron chi connectivity index (χ4n) is 3.93. The van der Waals surface area contributed by atoms with Gasteiger partial charge >= 0.3 is 6.03 Å². The molecule has 3 heterocycles. The van der Waals surface area contributed by atoms with E-state index < -0.39 is 12.1 Å². The van der Waals surface area contributed by atoms with E-state index in [2.05, 4.69) is 21.4 Å². The maximum absolute atomic E-state index is 12.2. The van der Waals surface area contributed by atoms with Crippen LogP contribution >= 0.6 is 0 Å². The molecule has 4 rings (SSSR count). The number of aromatic nitrogens is 2. The lowest BCUT2D eigenvalue weighted by atomic mass is 9.87. The zero-order valence-corrected chi connectivity index (χ0v) is 15.0. The zero-order chi connectivity index (χ0) is 18.4. The van der Waals surface area contributed by atoms with Gasteiger partial charge in [0.1, 0.15) is 0 Å². The third-order valence-corrected chi connectivity index (χ3v) is 5.38. The summed E-state index contributed by atoms with van der Waals surface area (Å²) in [6.07, 6.45) is 0.784. The van der Waals surface area contributed by atoms with E-state index >= 15 is 0 Å². The minimum Gasteiger partial charge on any atom is -0.391 e. The summed E-state index contributed by atoms with van der Waals surface area (Å²) in [6, 6.07) is 5.59. The summed E-state index contributed by atoms with van der Waals surface area (Å²) in [6.45, 7) is 1.95. The highest BCUT2D eigenvalue weighted by Gasteiger charge is 2.30. The number of carbonyl (C=O) groups excluding carboxylic acids is 2. The third-order valence-electron chi connectivity index (χ3n) is 5.38. The number of nitrogens with zero attached hydrogens (tertiary/aromatic N) is 4. The van der Waals surface area contributed by atoms with Crippen molar-refractivity contribution in [2.45, 2.75) is 24.9 Å². The number of fused-ring (bicyclic) bond motifs is 1. The van der Waals surface area contributed by atoms with E-state index in [1.165, 1.54) is 4.90 Å². The number of likely N-dealkylation sites (N-methyl/N-ethyl adjacent to an activating group) is 1. The van der Waals surface area contributed by atoms with Crippen molar-refractivity contribution in [3.05, 3.63) is 23.8 Å². The minimum absolute atomic E-state index is 0.102. The normalized spacial score (nSPS) is 25.0. The van der Waals surface area contributed by atoms with E-state index in [1.54, 1.807) is 4.68 Å². The first kappa shape index (κ1) is 17.0. The summed E-state index contributed by atoms with van der Waals surface area (Å²) in [5.74, 6) is 0.401. The Hall–Kier alpha value is -2.45. The monoisotopic (exact) mass is 357 g/mol. The van der Waals surface area contributed by atoms with Gasteiger partial charge in [-0.25, -0.2) is 4.79 Å². The van der Waals surface area contributed by atoms with Crippen LogP contribution in [0.3, 0.4) is 0 Å². The molecule has 2 unspecified atom stereocenters. The van der Waals surface area contributed by atoms with Crippen molar-refractivity contribution in [2.24, 2.45) is 7.05 Å². The molecule has 2 aromatic rings. The molecule has 8 nitrogen and oxygen atoms in total. The molecule has 3 amide bonds. The molecule has 2 saturated heterocycles. The topological polar surface area (TPSA) is 90.7 Å². The fraction of sp³-hybridized carbons (Fsp3) is 0.500. The zero-order valence-electron chi connectivity index (χ0n) is 15.0. The SMILES string of the molecule is CN1CCC(c2ccc3c(N4CCC(=O)NC4=O)nn(C)c3c2)C(O)C1. The van der Waals surface area contributed by atoms with Crippen molar-refractivity contribution in [2.75, 3.05) is 31.6 Å². The van der Waals surface area contributed by atoms with E-state index in [4.69, 9.17) is 0 Å².